The lowest BCUT2D eigenvalue weighted by molar-refractivity contribution is 0.0696. The molecule has 1 fully saturated rings. The molecule has 3 N–H and O–H groups in total. The lowest BCUT2D eigenvalue weighted by atomic mass is 9.81. The van der Waals surface area contributed by atoms with Crippen LogP contribution in [0.25, 0.3) is 0 Å². The quantitative estimate of drug-likeness (QED) is 0.188. The van der Waals surface area contributed by atoms with Gasteiger partial charge in [-0.3, -0.25) is 4.57 Å². The van der Waals surface area contributed by atoms with Crippen LogP contribution < -0.4 is 10.1 Å². The molecule has 0 spiro atoms. The molecular weight excluding hydrogens is 555 g/mol. The van der Waals surface area contributed by atoms with Crippen molar-refractivity contribution in [1.29, 1.82) is 0 Å². The Bertz CT molecular complexity index is 1570. The number of nitrogens with zero attached hydrogens (tertiary/aromatic N) is 3. The lowest BCUT2D eigenvalue weighted by Gasteiger charge is -2.36. The van der Waals surface area contributed by atoms with E-state index in [-0.39, 0.29) is 17.8 Å². The Morgan fingerprint density at radius 1 is 1.12 bits per heavy atom. The van der Waals surface area contributed by atoms with E-state index in [4.69, 9.17) is 19.4 Å². The molecule has 2 aromatic carbocycles. The second kappa shape index (κ2) is 11.8. The number of ether oxygens (including phenoxy) is 1. The topological polar surface area (TPSA) is 143 Å². The Hall–Kier alpha value is -3.85. The van der Waals surface area contributed by atoms with Gasteiger partial charge in [0.2, 0.25) is 5.88 Å². The Labute approximate surface area is 245 Å². The van der Waals surface area contributed by atoms with E-state index in [0.717, 1.165) is 29.7 Å². The van der Waals surface area contributed by atoms with Gasteiger partial charge in [0.15, 0.2) is 17.1 Å². The van der Waals surface area contributed by atoms with Crippen molar-refractivity contribution < 1.29 is 28.6 Å². The highest BCUT2D eigenvalue weighted by atomic mass is 31.2. The molecule has 0 bridgehead atoms. The normalized spacial score (nSPS) is 23.1. The van der Waals surface area contributed by atoms with Crippen molar-refractivity contribution in [2.75, 3.05) is 12.4 Å². The molecule has 2 heterocycles. The fraction of sp³-hybridized carbons (Fsp3) is 0.355. The zero-order chi connectivity index (χ0) is 30.1. The number of benzene rings is 2. The fourth-order valence-corrected chi connectivity index (χ4v) is 6.90. The Morgan fingerprint density at radius 3 is 2.38 bits per heavy atom. The van der Waals surface area contributed by atoms with Gasteiger partial charge in [-0.1, -0.05) is 43.0 Å². The first-order valence-electron chi connectivity index (χ1n) is 13.9. The third kappa shape index (κ3) is 6.16. The highest BCUT2D eigenvalue weighted by Gasteiger charge is 2.40. The molecule has 42 heavy (non-hydrogen) atoms. The van der Waals surface area contributed by atoms with Crippen molar-refractivity contribution in [3.63, 3.8) is 0 Å². The van der Waals surface area contributed by atoms with Crippen LogP contribution in [0.2, 0.25) is 0 Å². The van der Waals surface area contributed by atoms with E-state index in [2.05, 4.69) is 34.0 Å². The molecular formula is C31H35N4O6P. The molecule has 3 aromatic rings. The van der Waals surface area contributed by atoms with Crippen molar-refractivity contribution in [1.82, 2.24) is 9.97 Å². The van der Waals surface area contributed by atoms with Crippen molar-refractivity contribution in [2.45, 2.75) is 63.3 Å². The smallest absolute Gasteiger partial charge is 0.335 e. The second-order valence-corrected chi connectivity index (χ2v) is 12.8. The number of hydrogen-bond acceptors (Lipinski definition) is 8. The molecule has 220 valence electrons. The molecule has 1 saturated carbocycles. The maximum absolute atomic E-state index is 12.8. The van der Waals surface area contributed by atoms with E-state index in [9.17, 15) is 14.3 Å². The van der Waals surface area contributed by atoms with E-state index >= 15 is 0 Å². The van der Waals surface area contributed by atoms with E-state index in [1.807, 2.05) is 26.0 Å². The molecule has 2 aliphatic rings. The average Bonchev–Trinajstić information content (AvgIpc) is 2.96. The molecule has 10 nitrogen and oxygen atoms in total. The molecule has 0 saturated heterocycles. The van der Waals surface area contributed by atoms with Crippen molar-refractivity contribution in [3.05, 3.63) is 89.3 Å². The summed E-state index contributed by atoms with van der Waals surface area (Å²) in [5.41, 5.74) is 4.02. The molecule has 0 amide bonds. The lowest BCUT2D eigenvalue weighted by Crippen LogP contribution is -2.45. The molecule has 2 atom stereocenters. The number of aliphatic imine (C=N–C) groups is 1. The number of nitrogens with one attached hydrogen (secondary N) is 1. The van der Waals surface area contributed by atoms with Gasteiger partial charge in [0.05, 0.1) is 23.5 Å². The van der Waals surface area contributed by atoms with Crippen LogP contribution in [0.5, 0.6) is 5.88 Å². The molecule has 1 aliphatic heterocycles. The third-order valence-corrected chi connectivity index (χ3v) is 9.44. The van der Waals surface area contributed by atoms with Gasteiger partial charge in [-0.05, 0) is 74.3 Å². The van der Waals surface area contributed by atoms with Crippen LogP contribution >= 0.6 is 7.60 Å². The first-order valence-corrected chi connectivity index (χ1v) is 15.6. The molecule has 11 heteroatoms. The number of carboxylic acids is 1. The summed E-state index contributed by atoms with van der Waals surface area (Å²) in [4.78, 5) is 35.0. The highest BCUT2D eigenvalue weighted by molar-refractivity contribution is 7.52. The maximum Gasteiger partial charge on any atom is 0.335 e. The SMILES string of the molecule is C=C(C)C1(C)Oc2ncnc(NC)c2N=C1c1ccc(C2CCC(OP(=O)(O)Cc3ccc(C(=O)O)cc3)CC2)cc1. The van der Waals surface area contributed by atoms with Gasteiger partial charge in [-0.2, -0.15) is 4.98 Å². The minimum atomic E-state index is -3.88. The number of aromatic carboxylic acids is 1. The minimum absolute atomic E-state index is 0.131. The highest BCUT2D eigenvalue weighted by Crippen LogP contribution is 2.50. The van der Waals surface area contributed by atoms with Gasteiger partial charge in [-0.15, -0.1) is 0 Å². The van der Waals surface area contributed by atoms with Gasteiger partial charge in [0, 0.05) is 12.6 Å². The van der Waals surface area contributed by atoms with Crippen LogP contribution in [-0.4, -0.2) is 50.4 Å². The van der Waals surface area contributed by atoms with Gasteiger partial charge in [-0.25, -0.2) is 14.8 Å². The number of aromatic nitrogens is 2. The van der Waals surface area contributed by atoms with Crippen LogP contribution in [0.4, 0.5) is 11.5 Å². The third-order valence-electron chi connectivity index (χ3n) is 8.04. The largest absolute Gasteiger partial charge is 0.478 e. The number of carboxylic acid groups (broad SMARTS) is 1. The predicted octanol–water partition coefficient (Wildman–Crippen LogP) is 6.49. The van der Waals surface area contributed by atoms with E-state index in [1.54, 1.807) is 19.2 Å². The van der Waals surface area contributed by atoms with E-state index in [1.165, 1.54) is 24.0 Å². The van der Waals surface area contributed by atoms with Crippen molar-refractivity contribution in [3.8, 4) is 5.88 Å². The van der Waals surface area contributed by atoms with Gasteiger partial charge < -0.3 is 24.6 Å². The van der Waals surface area contributed by atoms with E-state index in [0.29, 0.717) is 41.7 Å². The Balaban J connectivity index is 1.24. The standard InChI is InChI=1S/C31H35N4O6P/c1-19(2)31(3)27(35-26-28(32-4)33-18-34-29(26)40-31)23-11-9-21(10-12-23)22-13-15-25(16-14-22)41-42(38,39)17-20-5-7-24(8-6-20)30(36)37/h5-12,18,22,25H,1,13-17H2,2-4H3,(H,36,37)(H,38,39)(H,32,33,34). The van der Waals surface area contributed by atoms with Crippen LogP contribution in [0.1, 0.15) is 72.5 Å². The summed E-state index contributed by atoms with van der Waals surface area (Å²) in [5.74, 6) is 0.258. The second-order valence-electron chi connectivity index (χ2n) is 11.0. The van der Waals surface area contributed by atoms with Crippen molar-refractivity contribution in [2.24, 2.45) is 4.99 Å². The van der Waals surface area contributed by atoms with Crippen molar-refractivity contribution >= 4 is 30.8 Å². The summed E-state index contributed by atoms with van der Waals surface area (Å²) >= 11 is 0. The summed E-state index contributed by atoms with van der Waals surface area (Å²) in [6.45, 7) is 8.02. The van der Waals surface area contributed by atoms with E-state index < -0.39 is 19.2 Å². The summed E-state index contributed by atoms with van der Waals surface area (Å²) < 4.78 is 24.8. The Morgan fingerprint density at radius 2 is 1.79 bits per heavy atom. The molecule has 2 unspecified atom stereocenters. The zero-order valence-corrected chi connectivity index (χ0v) is 24.8. The monoisotopic (exact) mass is 590 g/mol. The fourth-order valence-electron chi connectivity index (χ4n) is 5.48. The number of anilines is 1. The summed E-state index contributed by atoms with van der Waals surface area (Å²) in [6, 6.07) is 14.3. The molecule has 0 radical (unpaired) electrons. The van der Waals surface area contributed by atoms with Crippen LogP contribution in [0, 0.1) is 0 Å². The average molecular weight is 591 g/mol. The number of carbonyl (C=O) groups is 1. The van der Waals surface area contributed by atoms with Gasteiger partial charge in [0.25, 0.3) is 0 Å². The van der Waals surface area contributed by atoms with Crippen LogP contribution in [0.3, 0.4) is 0 Å². The molecule has 5 rings (SSSR count). The first-order chi connectivity index (χ1) is 20.0. The van der Waals surface area contributed by atoms with Crippen LogP contribution in [0.15, 0.2) is 72.0 Å². The minimum Gasteiger partial charge on any atom is -0.478 e. The maximum atomic E-state index is 12.8. The van der Waals surface area contributed by atoms with Crippen LogP contribution in [-0.2, 0) is 15.3 Å². The number of fused-ring (bicyclic) bond motifs is 1. The zero-order valence-electron chi connectivity index (χ0n) is 23.9. The number of hydrogen-bond donors (Lipinski definition) is 3. The summed E-state index contributed by atoms with van der Waals surface area (Å²) in [5, 5.41) is 12.1. The number of rotatable bonds is 9. The van der Waals surface area contributed by atoms with Gasteiger partial charge in [0.1, 0.15) is 6.33 Å². The summed E-state index contributed by atoms with van der Waals surface area (Å²) in [7, 11) is -2.10. The molecule has 1 aliphatic carbocycles. The first kappa shape index (κ1) is 29.6. The molecule has 1 aromatic heterocycles. The Kier molecular flexibility index (Phi) is 8.32. The van der Waals surface area contributed by atoms with Gasteiger partial charge >= 0.3 is 13.6 Å². The summed E-state index contributed by atoms with van der Waals surface area (Å²) in [6.07, 6.45) is 4.00. The predicted molar refractivity (Wildman–Crippen MR) is 161 cm³/mol.